The number of anilines is 1. The number of benzene rings is 2. The van der Waals surface area contributed by atoms with E-state index >= 15 is 0 Å². The number of H-pyrrole nitrogens is 1. The van der Waals surface area contributed by atoms with Crippen LogP contribution in [0, 0.1) is 11.3 Å². The monoisotopic (exact) mass is 488 g/mol. The average Bonchev–Trinajstić information content (AvgIpc) is 3.64. The molecule has 6 rings (SSSR count). The number of rotatable bonds is 5. The number of pyridine rings is 1. The molecule has 0 fully saturated rings. The molecule has 0 spiro atoms. The number of hydrogen-bond donors (Lipinski definition) is 2. The molecule has 1 amide bonds. The molecule has 36 heavy (non-hydrogen) atoms. The van der Waals surface area contributed by atoms with Crippen LogP contribution in [0.5, 0.6) is 0 Å². The lowest BCUT2D eigenvalue weighted by Gasteiger charge is -2.17. The first kappa shape index (κ1) is 21.8. The minimum atomic E-state index is -0.122. The number of aromatic amines is 1. The van der Waals surface area contributed by atoms with Gasteiger partial charge < -0.3 is 10.6 Å². The number of nitrogen functional groups attached to an aromatic ring is 1. The van der Waals surface area contributed by atoms with Crippen molar-refractivity contribution in [2.75, 3.05) is 12.3 Å². The van der Waals surface area contributed by atoms with Crippen molar-refractivity contribution in [2.24, 2.45) is 0 Å². The molecule has 0 saturated carbocycles. The van der Waals surface area contributed by atoms with Gasteiger partial charge in [0.05, 0.1) is 27.2 Å². The molecule has 0 bridgehead atoms. The van der Waals surface area contributed by atoms with Gasteiger partial charge >= 0.3 is 0 Å². The Bertz CT molecular complexity index is 1690. The minimum absolute atomic E-state index is 0.122. The van der Waals surface area contributed by atoms with Crippen LogP contribution in [-0.2, 0) is 6.54 Å². The second-order valence-electron chi connectivity index (χ2n) is 8.67. The van der Waals surface area contributed by atoms with E-state index in [1.165, 1.54) is 6.20 Å². The average molecular weight is 489 g/mol. The highest BCUT2D eigenvalue weighted by atomic mass is 32.1. The first-order valence-corrected chi connectivity index (χ1v) is 12.2. The van der Waals surface area contributed by atoms with Crippen LogP contribution in [0.1, 0.15) is 27.2 Å². The predicted octanol–water partition coefficient (Wildman–Crippen LogP) is 5.48. The lowest BCUT2D eigenvalue weighted by molar-refractivity contribution is 0.0800. The molecule has 0 aliphatic carbocycles. The Hall–Kier alpha value is -4.74. The molecule has 2 aromatic carbocycles. The van der Waals surface area contributed by atoms with Gasteiger partial charge in [-0.15, -0.1) is 11.3 Å². The summed E-state index contributed by atoms with van der Waals surface area (Å²) in [7, 11) is 0. The highest BCUT2D eigenvalue weighted by molar-refractivity contribution is 7.13. The molecule has 3 aromatic heterocycles. The molecular weight excluding hydrogens is 468 g/mol. The largest absolute Gasteiger partial charge is 0.398 e. The Balaban J connectivity index is 1.35. The van der Waals surface area contributed by atoms with Gasteiger partial charge in [0.15, 0.2) is 0 Å². The Labute approximate surface area is 211 Å². The van der Waals surface area contributed by atoms with Gasteiger partial charge in [0, 0.05) is 30.4 Å². The number of carbonyl (C=O) groups is 1. The van der Waals surface area contributed by atoms with Crippen molar-refractivity contribution in [3.05, 3.63) is 95.1 Å². The normalized spacial score (nSPS) is 12.6. The van der Waals surface area contributed by atoms with E-state index < -0.39 is 0 Å². The fourth-order valence-electron chi connectivity index (χ4n) is 4.66. The Morgan fingerprint density at radius 1 is 1.22 bits per heavy atom. The van der Waals surface area contributed by atoms with Gasteiger partial charge in [0.2, 0.25) is 0 Å². The van der Waals surface area contributed by atoms with Crippen LogP contribution in [0.4, 0.5) is 5.69 Å². The summed E-state index contributed by atoms with van der Waals surface area (Å²) in [6.07, 6.45) is 1.51. The zero-order valence-corrected chi connectivity index (χ0v) is 20.0. The maximum absolute atomic E-state index is 13.4. The lowest BCUT2D eigenvalue weighted by Crippen LogP contribution is -2.26. The minimum Gasteiger partial charge on any atom is -0.398 e. The molecule has 1 aliphatic heterocycles. The zero-order valence-electron chi connectivity index (χ0n) is 19.2. The Morgan fingerprint density at radius 3 is 2.86 bits per heavy atom. The molecule has 7 nitrogen and oxygen atoms in total. The number of thiophene rings is 1. The van der Waals surface area contributed by atoms with E-state index in [2.05, 4.69) is 40.0 Å². The van der Waals surface area contributed by atoms with Crippen LogP contribution in [0.3, 0.4) is 0 Å². The molecular formula is C28H20N6OS. The van der Waals surface area contributed by atoms with Crippen molar-refractivity contribution in [1.29, 1.82) is 5.26 Å². The lowest BCUT2D eigenvalue weighted by atomic mass is 9.94. The van der Waals surface area contributed by atoms with Gasteiger partial charge in [-0.3, -0.25) is 14.9 Å². The Morgan fingerprint density at radius 2 is 2.11 bits per heavy atom. The summed E-state index contributed by atoms with van der Waals surface area (Å²) < 4.78 is 0. The summed E-state index contributed by atoms with van der Waals surface area (Å²) in [5.41, 5.74) is 13.9. The number of nitrogens with two attached hydrogens (primary N) is 1. The van der Waals surface area contributed by atoms with Crippen LogP contribution >= 0.6 is 11.3 Å². The number of hydrogen-bond acceptors (Lipinski definition) is 6. The van der Waals surface area contributed by atoms with E-state index in [0.717, 1.165) is 38.2 Å². The van der Waals surface area contributed by atoms with E-state index in [9.17, 15) is 4.79 Å². The third-order valence-electron chi connectivity index (χ3n) is 6.46. The fraction of sp³-hybridized carbons (Fsp3) is 0.0714. The zero-order chi connectivity index (χ0) is 24.8. The number of nitrogens with one attached hydrogen (secondary N) is 1. The van der Waals surface area contributed by atoms with E-state index in [0.29, 0.717) is 41.2 Å². The van der Waals surface area contributed by atoms with Crippen LogP contribution in [0.25, 0.3) is 38.2 Å². The highest BCUT2D eigenvalue weighted by Crippen LogP contribution is 2.39. The molecule has 8 heteroatoms. The van der Waals surface area contributed by atoms with Crippen molar-refractivity contribution in [2.45, 2.75) is 6.54 Å². The summed E-state index contributed by atoms with van der Waals surface area (Å²) in [6.45, 7) is 4.86. The smallest absolute Gasteiger partial charge is 0.256 e. The highest BCUT2D eigenvalue weighted by Gasteiger charge is 2.32. The number of amides is 1. The third kappa shape index (κ3) is 3.54. The molecule has 0 radical (unpaired) electrons. The summed E-state index contributed by atoms with van der Waals surface area (Å²) >= 11 is 1.65. The maximum Gasteiger partial charge on any atom is 0.256 e. The number of fused-ring (bicyclic) bond motifs is 2. The quantitative estimate of drug-likeness (QED) is 0.318. The van der Waals surface area contributed by atoms with Gasteiger partial charge in [-0.05, 0) is 64.0 Å². The van der Waals surface area contributed by atoms with Gasteiger partial charge in [0.25, 0.3) is 5.91 Å². The van der Waals surface area contributed by atoms with Crippen molar-refractivity contribution < 1.29 is 4.79 Å². The molecule has 4 heterocycles. The molecule has 3 N–H and O–H groups in total. The first-order chi connectivity index (χ1) is 17.5. The second kappa shape index (κ2) is 8.48. The molecule has 0 atom stereocenters. The first-order valence-electron chi connectivity index (χ1n) is 11.3. The van der Waals surface area contributed by atoms with Gasteiger partial charge in [0.1, 0.15) is 11.8 Å². The van der Waals surface area contributed by atoms with Crippen molar-refractivity contribution >= 4 is 39.4 Å². The summed E-state index contributed by atoms with van der Waals surface area (Å²) in [5, 5.41) is 19.7. The number of carbonyl (C=O) groups excluding carboxylic acids is 1. The predicted molar refractivity (Wildman–Crippen MR) is 142 cm³/mol. The van der Waals surface area contributed by atoms with Crippen LogP contribution in [0.15, 0.2) is 72.8 Å². The number of aromatic nitrogens is 3. The van der Waals surface area contributed by atoms with Gasteiger partial charge in [-0.2, -0.15) is 10.4 Å². The van der Waals surface area contributed by atoms with E-state index in [1.807, 2.05) is 29.6 Å². The fourth-order valence-corrected chi connectivity index (χ4v) is 5.39. The van der Waals surface area contributed by atoms with Crippen LogP contribution in [-0.4, -0.2) is 32.5 Å². The number of nitriles is 1. The van der Waals surface area contributed by atoms with Gasteiger partial charge in [-0.1, -0.05) is 24.8 Å². The standard InChI is InChI=1S/C28H20N6OS/c1-16(23-8-4-17(12-29)13-31-23)14-34-15-21-19(6-7-22(30)26(21)28(34)35)18-5-9-24-20(11-18)27(33-32-24)25-3-2-10-36-25/h2-11,13H,1,14-15,30H2,(H,32,33). The van der Waals surface area contributed by atoms with Crippen molar-refractivity contribution in [3.8, 4) is 27.8 Å². The van der Waals surface area contributed by atoms with Crippen LogP contribution < -0.4 is 5.73 Å². The molecule has 0 saturated heterocycles. The third-order valence-corrected chi connectivity index (χ3v) is 7.34. The molecule has 174 valence electrons. The van der Waals surface area contributed by atoms with E-state index in [4.69, 9.17) is 11.0 Å². The van der Waals surface area contributed by atoms with E-state index in [-0.39, 0.29) is 5.91 Å². The van der Waals surface area contributed by atoms with Crippen molar-refractivity contribution in [1.82, 2.24) is 20.1 Å². The number of nitrogens with zero attached hydrogens (tertiary/aromatic N) is 4. The topological polar surface area (TPSA) is 112 Å². The summed E-state index contributed by atoms with van der Waals surface area (Å²) in [6, 6.07) is 19.5. The maximum atomic E-state index is 13.4. The Kier molecular flexibility index (Phi) is 5.13. The van der Waals surface area contributed by atoms with Crippen molar-refractivity contribution in [3.63, 3.8) is 0 Å². The SMILES string of the molecule is C=C(CN1Cc2c(-c3ccc4[nH]nc(-c5cccs5)c4c3)ccc(N)c2C1=O)c1ccc(C#N)cn1. The molecule has 1 aliphatic rings. The second-order valence-corrected chi connectivity index (χ2v) is 9.62. The molecule has 0 unspecified atom stereocenters. The summed E-state index contributed by atoms with van der Waals surface area (Å²) in [4.78, 5) is 20.5. The van der Waals surface area contributed by atoms with E-state index in [1.54, 1.807) is 34.4 Å². The van der Waals surface area contributed by atoms with Gasteiger partial charge in [-0.25, -0.2) is 0 Å². The van der Waals surface area contributed by atoms with Crippen LogP contribution in [0.2, 0.25) is 0 Å². The summed E-state index contributed by atoms with van der Waals surface area (Å²) in [5.74, 6) is -0.122. The molecule has 5 aromatic rings.